The number of cyclic esters (lactones) is 1. The fourth-order valence-corrected chi connectivity index (χ4v) is 3.47. The summed E-state index contributed by atoms with van der Waals surface area (Å²) < 4.78 is 34.9. The SMILES string of the molecule is CCC(C)C(CC)(CC)S(=O)(=O)O.N.O=C1C=CO1. The molecule has 0 aromatic rings. The standard InChI is InChI=1S/C9H20O3S.C3H2O2.H3N/c1-5-8(4)9(6-2,7-3)13(10,11)12;4-3-1-2-5-3;/h8H,5-7H2,1-4H3,(H,10,11,12);1-2H;1H3. The number of carbonyl (C=O) groups is 1. The minimum atomic E-state index is -3.94. The van der Waals surface area contributed by atoms with Crippen LogP contribution in [-0.4, -0.2) is 23.7 Å². The summed E-state index contributed by atoms with van der Waals surface area (Å²) in [6.07, 6.45) is 4.42. The van der Waals surface area contributed by atoms with Gasteiger partial charge in [0.05, 0.1) is 10.8 Å². The summed E-state index contributed by atoms with van der Waals surface area (Å²) in [6.45, 7) is 7.43. The van der Waals surface area contributed by atoms with Crippen LogP contribution in [0.1, 0.15) is 47.0 Å². The van der Waals surface area contributed by atoms with Crippen molar-refractivity contribution in [3.8, 4) is 0 Å². The smallest absolute Gasteiger partial charge is 0.338 e. The van der Waals surface area contributed by atoms with Crippen LogP contribution in [-0.2, 0) is 19.6 Å². The molecule has 0 radical (unpaired) electrons. The topological polar surface area (TPSA) is 116 Å². The summed E-state index contributed by atoms with van der Waals surface area (Å²) in [6, 6.07) is 0. The maximum Gasteiger partial charge on any atom is 0.338 e. The van der Waals surface area contributed by atoms with Crippen molar-refractivity contribution in [3.63, 3.8) is 0 Å². The highest BCUT2D eigenvalue weighted by atomic mass is 32.2. The second-order valence-corrected chi connectivity index (χ2v) is 6.06. The van der Waals surface area contributed by atoms with E-state index in [4.69, 9.17) is 0 Å². The molecule has 0 aliphatic carbocycles. The second-order valence-electron chi connectivity index (χ2n) is 4.30. The first kappa shape index (κ1) is 20.4. The lowest BCUT2D eigenvalue weighted by Gasteiger charge is -2.33. The lowest BCUT2D eigenvalue weighted by Crippen LogP contribution is -2.43. The van der Waals surface area contributed by atoms with Crippen LogP contribution in [0.5, 0.6) is 0 Å². The molecule has 1 unspecified atom stereocenters. The summed E-state index contributed by atoms with van der Waals surface area (Å²) in [5, 5.41) is 0. The molecule has 0 spiro atoms. The number of esters is 1. The molecule has 0 bridgehead atoms. The highest BCUT2D eigenvalue weighted by molar-refractivity contribution is 7.87. The average molecular weight is 295 g/mol. The van der Waals surface area contributed by atoms with Crippen LogP contribution in [0.3, 0.4) is 0 Å². The van der Waals surface area contributed by atoms with Crippen LogP contribution < -0.4 is 6.15 Å². The van der Waals surface area contributed by atoms with Gasteiger partial charge >= 0.3 is 5.97 Å². The Kier molecular flexibility index (Phi) is 8.90. The summed E-state index contributed by atoms with van der Waals surface area (Å²) in [5.74, 6) is -0.248. The Hall–Kier alpha value is -0.920. The third-order valence-electron chi connectivity index (χ3n) is 3.61. The molecule has 7 heteroatoms. The third-order valence-corrected chi connectivity index (χ3v) is 5.62. The molecule has 1 atom stereocenters. The first-order valence-electron chi connectivity index (χ1n) is 6.09. The Morgan fingerprint density at radius 2 is 1.68 bits per heavy atom. The molecule has 0 saturated carbocycles. The van der Waals surface area contributed by atoms with Gasteiger partial charge in [0, 0.05) is 0 Å². The number of hydrogen-bond donors (Lipinski definition) is 2. The molecule has 0 amide bonds. The van der Waals surface area contributed by atoms with E-state index in [0.29, 0.717) is 12.8 Å². The zero-order valence-electron chi connectivity index (χ0n) is 12.0. The average Bonchev–Trinajstić information content (AvgIpc) is 2.27. The van der Waals surface area contributed by atoms with Crippen LogP contribution in [0.15, 0.2) is 12.3 Å². The predicted molar refractivity (Wildman–Crippen MR) is 74.6 cm³/mol. The molecule has 4 N–H and O–H groups in total. The van der Waals surface area contributed by atoms with Crippen molar-refractivity contribution in [2.45, 2.75) is 51.7 Å². The largest absolute Gasteiger partial charge is 0.431 e. The maximum atomic E-state index is 11.3. The summed E-state index contributed by atoms with van der Waals surface area (Å²) in [7, 11) is -3.94. The van der Waals surface area contributed by atoms with Crippen LogP contribution in [0.4, 0.5) is 0 Å². The number of carbonyl (C=O) groups excluding carboxylic acids is 1. The predicted octanol–water partition coefficient (Wildman–Crippen LogP) is 2.70. The van der Waals surface area contributed by atoms with E-state index in [1.54, 1.807) is 0 Å². The second kappa shape index (κ2) is 8.29. The van der Waals surface area contributed by atoms with Crippen molar-refractivity contribution in [2.75, 3.05) is 0 Å². The van der Waals surface area contributed by atoms with E-state index in [9.17, 15) is 17.8 Å². The minimum Gasteiger partial charge on any atom is -0.431 e. The molecule has 1 heterocycles. The van der Waals surface area contributed by atoms with E-state index in [1.165, 1.54) is 12.3 Å². The van der Waals surface area contributed by atoms with Gasteiger partial charge in [-0.15, -0.1) is 0 Å². The van der Waals surface area contributed by atoms with Crippen molar-refractivity contribution in [1.82, 2.24) is 6.15 Å². The summed E-state index contributed by atoms with van der Waals surface area (Å²) in [5.41, 5.74) is 0. The molecule has 0 aromatic carbocycles. The molecular weight excluding hydrogens is 270 g/mol. The van der Waals surface area contributed by atoms with Gasteiger partial charge in [0.1, 0.15) is 6.26 Å². The molecule has 1 aliphatic rings. The first-order chi connectivity index (χ1) is 8.25. The van der Waals surface area contributed by atoms with Crippen molar-refractivity contribution in [2.24, 2.45) is 5.92 Å². The quantitative estimate of drug-likeness (QED) is 0.595. The molecule has 6 nitrogen and oxygen atoms in total. The van der Waals surface area contributed by atoms with Crippen molar-refractivity contribution in [3.05, 3.63) is 12.3 Å². The Balaban J connectivity index is 0. The van der Waals surface area contributed by atoms with Crippen LogP contribution >= 0.6 is 0 Å². The Bertz CT molecular complexity index is 398. The highest BCUT2D eigenvalue weighted by Gasteiger charge is 2.43. The van der Waals surface area contributed by atoms with Gasteiger partial charge < -0.3 is 10.9 Å². The van der Waals surface area contributed by atoms with E-state index >= 15 is 0 Å². The number of ether oxygens (including phenoxy) is 1. The van der Waals surface area contributed by atoms with Gasteiger partial charge in [0.25, 0.3) is 10.1 Å². The maximum absolute atomic E-state index is 11.3. The van der Waals surface area contributed by atoms with Crippen molar-refractivity contribution < 1.29 is 22.5 Å². The van der Waals surface area contributed by atoms with Gasteiger partial charge in [-0.25, -0.2) is 4.79 Å². The molecule has 0 fully saturated rings. The lowest BCUT2D eigenvalue weighted by atomic mass is 9.86. The molecule has 19 heavy (non-hydrogen) atoms. The monoisotopic (exact) mass is 295 g/mol. The molecule has 0 aromatic heterocycles. The summed E-state index contributed by atoms with van der Waals surface area (Å²) >= 11 is 0. The van der Waals surface area contributed by atoms with Crippen molar-refractivity contribution >= 4 is 16.1 Å². The third kappa shape index (κ3) is 4.93. The lowest BCUT2D eigenvalue weighted by molar-refractivity contribution is -0.136. The Labute approximate surface area is 115 Å². The van der Waals surface area contributed by atoms with E-state index < -0.39 is 14.9 Å². The Morgan fingerprint density at radius 1 is 1.32 bits per heavy atom. The van der Waals surface area contributed by atoms with Crippen LogP contribution in [0.25, 0.3) is 0 Å². The van der Waals surface area contributed by atoms with Gasteiger partial charge in [-0.05, 0) is 18.8 Å². The number of hydrogen-bond acceptors (Lipinski definition) is 5. The van der Waals surface area contributed by atoms with Gasteiger partial charge in [0.2, 0.25) is 0 Å². The van der Waals surface area contributed by atoms with Gasteiger partial charge in [-0.1, -0.05) is 34.1 Å². The van der Waals surface area contributed by atoms with Gasteiger partial charge in [-0.2, -0.15) is 8.42 Å². The van der Waals surface area contributed by atoms with Gasteiger partial charge in [-0.3, -0.25) is 4.55 Å². The van der Waals surface area contributed by atoms with E-state index in [1.807, 2.05) is 27.7 Å². The molecule has 0 saturated heterocycles. The van der Waals surface area contributed by atoms with Crippen LogP contribution in [0, 0.1) is 5.92 Å². The zero-order chi connectivity index (χ0) is 14.4. The van der Waals surface area contributed by atoms with E-state index in [2.05, 4.69) is 4.74 Å². The summed E-state index contributed by atoms with van der Waals surface area (Å²) in [4.78, 5) is 9.59. The van der Waals surface area contributed by atoms with E-state index in [0.717, 1.165) is 6.42 Å². The first-order valence-corrected chi connectivity index (χ1v) is 7.53. The molecule has 114 valence electrons. The molecule has 1 aliphatic heterocycles. The fourth-order valence-electron chi connectivity index (χ4n) is 2.06. The molecule has 1 rings (SSSR count). The van der Waals surface area contributed by atoms with Crippen molar-refractivity contribution in [1.29, 1.82) is 0 Å². The molecular formula is C12H25NO5S. The zero-order valence-corrected chi connectivity index (χ0v) is 12.9. The minimum absolute atomic E-state index is 0. The Morgan fingerprint density at radius 3 is 1.74 bits per heavy atom. The fraction of sp³-hybridized carbons (Fsp3) is 0.750. The number of rotatable bonds is 5. The normalized spacial score (nSPS) is 15.3. The highest BCUT2D eigenvalue weighted by Crippen LogP contribution is 2.35. The van der Waals surface area contributed by atoms with Gasteiger partial charge in [0.15, 0.2) is 0 Å². The van der Waals surface area contributed by atoms with Crippen LogP contribution in [0.2, 0.25) is 0 Å². The van der Waals surface area contributed by atoms with E-state index in [-0.39, 0.29) is 18.0 Å².